The van der Waals surface area contributed by atoms with E-state index in [1.54, 1.807) is 105 Å². The second kappa shape index (κ2) is 56.0. The lowest BCUT2D eigenvalue weighted by Gasteiger charge is -2.20. The molecule has 138 heavy (non-hydrogen) atoms. The smallest absolute Gasteiger partial charge is 0.496 e. The molecule has 0 aliphatic rings. The van der Waals surface area contributed by atoms with Crippen molar-refractivity contribution in [1.29, 1.82) is 0 Å². The quantitative estimate of drug-likeness (QED) is 0.0248. The Morgan fingerprint density at radius 2 is 0.572 bits per heavy atom. The third-order valence-electron chi connectivity index (χ3n) is 22.1. The number of alkyl halides is 9. The van der Waals surface area contributed by atoms with E-state index < -0.39 is 49.2 Å². The molecule has 0 saturated heterocycles. The molecule has 734 valence electrons. The van der Waals surface area contributed by atoms with Crippen LogP contribution < -0.4 is 14.9 Å². The largest absolute Gasteiger partial charge is 0.586 e. The van der Waals surface area contributed by atoms with E-state index in [-0.39, 0.29) is 47.0 Å². The highest BCUT2D eigenvalue weighted by atomic mass is 32.2. The zero-order valence-corrected chi connectivity index (χ0v) is 90.4. The van der Waals surface area contributed by atoms with Gasteiger partial charge in [0.2, 0.25) is 5.43 Å². The standard InChI is InChI=1S/C26H29OS.C21H26F3S.C19H13OS.C16H16F3OS.C13H10F3S.C12H27S.C8H11S.C3H9S/c1-4-5-6-11-16-27-26-19(2)17-21(18-20(26)3)28-24-14-9-7-12-22(24)23-13-8-10-15-25(23)28;1-19(2,3)15-7-11-17(12-8-15)25(21(22,23)24)18-13-9-16(10-14-18)20(4,5)6;20-19-15-10-4-6-12-17(15)21(14-8-2-1-3-9-14)18-13-7-5-11-16(18)19;1-11-9-14(10-12(2)15(11)20-3)21(16(17,18)19)13-7-5-4-6-8-13;14-13(15,16)17(11-7-3-1-4-8-11)12-9-5-2-6-10-12;1-4-7-10-13(11-8-5-2)12-9-6-3;1-9(2)8-6-4-3-5-7-8;1-4(2)3/h7-10,12-15,17-18H,4-6,11,16H2,1-3H3;7-14H,1-6H3;1-13H;4-10H,1-3H3;1-10H;4-12H2,1-3H3;3-7H,1-2H3;1-3H3/q8*+1. The first kappa shape index (κ1) is 114. The molecule has 0 saturated carbocycles. The molecule has 0 aliphatic heterocycles. The molecule has 2 aromatic heterocycles. The van der Waals surface area contributed by atoms with Crippen LogP contribution in [0.3, 0.4) is 0 Å². The molecule has 15 aromatic rings. The van der Waals surface area contributed by atoms with Gasteiger partial charge in [-0.1, -0.05) is 272 Å². The minimum absolute atomic E-state index is 0.0350. The lowest BCUT2D eigenvalue weighted by molar-refractivity contribution is -0.0379. The van der Waals surface area contributed by atoms with Gasteiger partial charge in [0.05, 0.1) is 43.3 Å². The Kier molecular flexibility index (Phi) is 46.4. The second-order valence-corrected chi connectivity index (χ2v) is 53.0. The van der Waals surface area contributed by atoms with Gasteiger partial charge in [0.1, 0.15) is 41.3 Å². The molecule has 13 aromatic carbocycles. The first-order chi connectivity index (χ1) is 65.7. The van der Waals surface area contributed by atoms with Crippen LogP contribution in [0.25, 0.3) is 50.1 Å². The zero-order valence-electron chi connectivity index (χ0n) is 83.9. The van der Waals surface area contributed by atoms with E-state index in [0.717, 1.165) is 61.0 Å². The van der Waals surface area contributed by atoms with Crippen LogP contribution in [0.15, 0.2) is 361 Å². The van der Waals surface area contributed by atoms with Crippen molar-refractivity contribution in [3.8, 4) is 21.3 Å². The molecule has 2 heterocycles. The number of fused-ring (bicyclic) bond motifs is 5. The average molecular weight is 2030 g/mol. The molecule has 1 unspecified atom stereocenters. The van der Waals surface area contributed by atoms with Crippen molar-refractivity contribution < 1.29 is 49.0 Å². The highest BCUT2D eigenvalue weighted by Gasteiger charge is 2.57. The number of benzene rings is 13. The molecular formula is C118H141F9O3S8+8. The van der Waals surface area contributed by atoms with Crippen molar-refractivity contribution in [2.24, 2.45) is 0 Å². The number of aryl methyl sites for hydroxylation is 4. The van der Waals surface area contributed by atoms with Crippen LogP contribution >= 0.6 is 20.9 Å². The molecule has 1 atom stereocenters. The lowest BCUT2D eigenvalue weighted by atomic mass is 9.87. The minimum Gasteiger partial charge on any atom is -0.496 e. The fourth-order valence-electron chi connectivity index (χ4n) is 15.3. The van der Waals surface area contributed by atoms with E-state index in [1.165, 1.54) is 165 Å². The van der Waals surface area contributed by atoms with E-state index in [2.05, 4.69) is 242 Å². The van der Waals surface area contributed by atoms with Gasteiger partial charge in [0.15, 0.2) is 95.5 Å². The van der Waals surface area contributed by atoms with Crippen molar-refractivity contribution in [1.82, 2.24) is 0 Å². The molecule has 0 N–H and O–H groups in total. The van der Waals surface area contributed by atoms with E-state index in [0.29, 0.717) is 58.2 Å². The third-order valence-corrected chi connectivity index (χ3v) is 36.4. The number of hydrogen-bond acceptors (Lipinski definition) is 3. The van der Waals surface area contributed by atoms with E-state index in [1.807, 2.05) is 66.7 Å². The lowest BCUT2D eigenvalue weighted by Crippen LogP contribution is -2.24. The summed E-state index contributed by atoms with van der Waals surface area (Å²) in [5.41, 5.74) is -6.89. The Morgan fingerprint density at radius 3 is 0.877 bits per heavy atom. The van der Waals surface area contributed by atoms with Crippen molar-refractivity contribution in [3.05, 3.63) is 365 Å². The Labute approximate surface area is 840 Å². The summed E-state index contributed by atoms with van der Waals surface area (Å²) in [5, 5.41) is 4.44. The fraction of sp³-hybridized carbons (Fsp3) is 0.331. The van der Waals surface area contributed by atoms with Crippen LogP contribution in [0.5, 0.6) is 11.5 Å². The number of hydrogen-bond donors (Lipinski definition) is 0. The van der Waals surface area contributed by atoms with Gasteiger partial charge in [0, 0.05) is 66.9 Å². The third kappa shape index (κ3) is 34.4. The Balaban J connectivity index is 0.000000200. The van der Waals surface area contributed by atoms with Gasteiger partial charge < -0.3 is 9.47 Å². The highest BCUT2D eigenvalue weighted by molar-refractivity contribution is 7.98. The Hall–Kier alpha value is -8.96. The highest BCUT2D eigenvalue weighted by Crippen LogP contribution is 2.51. The summed E-state index contributed by atoms with van der Waals surface area (Å²) in [5.74, 6) is 6.24. The fourth-order valence-corrected chi connectivity index (χ4v) is 28.7. The second-order valence-electron chi connectivity index (χ2n) is 36.0. The maximum atomic E-state index is 13.8. The summed E-state index contributed by atoms with van der Waals surface area (Å²) < 4.78 is 138. The van der Waals surface area contributed by atoms with Crippen LogP contribution in [0.2, 0.25) is 0 Å². The van der Waals surface area contributed by atoms with Gasteiger partial charge in [-0.15, -0.1) is 39.5 Å². The van der Waals surface area contributed by atoms with E-state index in [4.69, 9.17) is 9.47 Å². The average Bonchev–Trinajstić information content (AvgIpc) is 1.24. The normalized spacial score (nSPS) is 11.8. The molecule has 15 rings (SSSR count). The van der Waals surface area contributed by atoms with E-state index in [9.17, 15) is 44.3 Å². The first-order valence-corrected chi connectivity index (χ1v) is 59.4. The predicted octanol–water partition coefficient (Wildman–Crippen LogP) is 35.8. The molecule has 0 bridgehead atoms. The number of unbranched alkanes of at least 4 members (excludes halogenated alkanes) is 6. The van der Waals surface area contributed by atoms with Gasteiger partial charge >= 0.3 is 16.5 Å². The van der Waals surface area contributed by atoms with Crippen LogP contribution in [0.4, 0.5) is 39.5 Å². The van der Waals surface area contributed by atoms with Crippen molar-refractivity contribution in [2.45, 2.75) is 223 Å². The first-order valence-electron chi connectivity index (χ1n) is 47.1. The minimum atomic E-state index is -4.31. The van der Waals surface area contributed by atoms with Crippen molar-refractivity contribution in [2.75, 3.05) is 62.3 Å². The summed E-state index contributed by atoms with van der Waals surface area (Å²) in [4.78, 5) is 18.5. The predicted molar refractivity (Wildman–Crippen MR) is 594 cm³/mol. The van der Waals surface area contributed by atoms with Crippen LogP contribution in [0.1, 0.15) is 167 Å². The number of halogens is 9. The monoisotopic (exact) mass is 2030 g/mol. The summed E-state index contributed by atoms with van der Waals surface area (Å²) in [6.45, 7) is 30.2. The van der Waals surface area contributed by atoms with Crippen LogP contribution in [-0.2, 0) is 76.2 Å². The number of methoxy groups -OCH3 is 1. The van der Waals surface area contributed by atoms with Crippen molar-refractivity contribution in [3.63, 3.8) is 0 Å². The maximum absolute atomic E-state index is 13.8. The molecule has 3 nitrogen and oxygen atoms in total. The summed E-state index contributed by atoms with van der Waals surface area (Å²) in [6.07, 6.45) is 24.5. The summed E-state index contributed by atoms with van der Waals surface area (Å²) >= 11 is 0. The van der Waals surface area contributed by atoms with Crippen LogP contribution in [0, 0.1) is 27.7 Å². The molecule has 0 aliphatic carbocycles. The number of thiophene rings is 1. The number of rotatable bonds is 25. The SMILES string of the molecule is CC(C)(C)c1ccc([S+](c2ccc(C(C)(C)C)cc2)C(F)(F)F)cc1.CCCCCCOc1c(C)cc(-[s+]2c3ccccc3c3ccccc32)cc1C.CCCC[S+](CCCC)CCCC.COc1c(C)cc([S+](c2ccccc2)C(F)(F)F)cc1C.C[S+](C)C.C[S+](C)c1ccccc1.FC(F)(F)[S+](c1ccccc1)c1ccccc1.O=c1c2ccccc2[s+](-c2ccccc2)c2ccccc12. The molecule has 20 heteroatoms. The zero-order chi connectivity index (χ0) is 101. The summed E-state index contributed by atoms with van der Waals surface area (Å²) in [7, 11) is -2.64. The Bertz CT molecular complexity index is 5900. The topological polar surface area (TPSA) is 35.5 Å². The van der Waals surface area contributed by atoms with Crippen LogP contribution in [-0.4, -0.2) is 78.8 Å². The molecule has 0 fully saturated rings. The Morgan fingerprint density at radius 1 is 0.297 bits per heavy atom. The van der Waals surface area contributed by atoms with Gasteiger partial charge in [0.25, 0.3) is 0 Å². The van der Waals surface area contributed by atoms with E-state index >= 15 is 0 Å². The number of ether oxygens (including phenoxy) is 2. The molecule has 0 spiro atoms. The van der Waals surface area contributed by atoms with Crippen molar-refractivity contribution >= 4 is 127 Å². The molecule has 0 radical (unpaired) electrons. The van der Waals surface area contributed by atoms with Gasteiger partial charge in [-0.25, -0.2) is 0 Å². The molecule has 0 amide bonds. The van der Waals surface area contributed by atoms with Gasteiger partial charge in [-0.2, -0.15) is 0 Å². The summed E-state index contributed by atoms with van der Waals surface area (Å²) in [6, 6.07) is 100. The maximum Gasteiger partial charge on any atom is 0.586 e. The van der Waals surface area contributed by atoms with Gasteiger partial charge in [-0.3, -0.25) is 4.79 Å². The van der Waals surface area contributed by atoms with Gasteiger partial charge in [-0.05, 0) is 253 Å². The molecular weight excluding hydrogens is 1890 g/mol.